The van der Waals surface area contributed by atoms with Crippen molar-refractivity contribution >= 4 is 105 Å². The SMILES string of the molecule is C.C.C.C.C.C.C.CCCCOCCC(=O)N[C@@H](C(C)=O)C(C)C.CCCCOCCC(=O)N[C@H](C)C(C)=O.CCCCOCCC(C)=O.CCC[C@@H](N)C(=O)C[C@H](CCC(=O)O)C(C)=O.CNC[C@@H](N)C(C)=O.CN[C@@H](C)C(C)=O.CN[C@@H](CCS(C)(=O)=O)C(=O)C[C@@H](CCS(C)(=O)=O)C(C)=O.CN[C@@H](CCS(C)(=O)=O)C(C)=O. The average Bonchev–Trinajstić information content (AvgIpc) is 1.10. The Morgan fingerprint density at radius 1 is 0.383 bits per heavy atom. The third-order valence-electron chi connectivity index (χ3n) is 15.6. The number of rotatable bonds is 53. The molecule has 0 aromatic heterocycles. The van der Waals surface area contributed by atoms with E-state index >= 15 is 0 Å². The topological polar surface area (TPSA) is 496 Å². The minimum atomic E-state index is -3.20. The van der Waals surface area contributed by atoms with Gasteiger partial charge in [-0.25, -0.2) is 25.3 Å². The van der Waals surface area contributed by atoms with Crippen molar-refractivity contribution < 1.29 is 107 Å². The predicted molar refractivity (Wildman–Crippen MR) is 473 cm³/mol. The molecule has 31 nitrogen and oxygen atoms in total. The first-order valence-electron chi connectivity index (χ1n) is 37.1. The molecule has 0 aromatic rings. The summed E-state index contributed by atoms with van der Waals surface area (Å²) in [5, 5.41) is 25.0. The van der Waals surface area contributed by atoms with Gasteiger partial charge in [-0.05, 0) is 155 Å². The molecule has 0 aliphatic heterocycles. The summed E-state index contributed by atoms with van der Waals surface area (Å²) in [6.45, 7) is 31.6. The van der Waals surface area contributed by atoms with Crippen molar-refractivity contribution in [2.24, 2.45) is 29.2 Å². The molecule has 115 heavy (non-hydrogen) atoms. The van der Waals surface area contributed by atoms with Crippen molar-refractivity contribution in [3.8, 4) is 0 Å². The van der Waals surface area contributed by atoms with Gasteiger partial charge in [-0.3, -0.25) is 62.3 Å². The Balaban J connectivity index is -0.0000000774. The second-order valence-electron chi connectivity index (χ2n) is 26.9. The summed E-state index contributed by atoms with van der Waals surface area (Å²) < 4.78 is 81.8. The summed E-state index contributed by atoms with van der Waals surface area (Å²) in [6, 6.07) is -2.62. The maximum absolute atomic E-state index is 12.2. The van der Waals surface area contributed by atoms with Crippen LogP contribution in [-0.4, -0.2) is 259 Å². The minimum absolute atomic E-state index is 0. The van der Waals surface area contributed by atoms with Crippen molar-refractivity contribution in [2.45, 2.75) is 321 Å². The van der Waals surface area contributed by atoms with Gasteiger partial charge in [0.25, 0.3) is 0 Å². The molecule has 2 amide bonds. The lowest BCUT2D eigenvalue weighted by Crippen LogP contribution is -2.43. The fraction of sp³-hybridized carbons (Fsp3) is 0.840. The van der Waals surface area contributed by atoms with Crippen molar-refractivity contribution in [1.82, 2.24) is 31.9 Å². The average molecular weight is 1720 g/mol. The Hall–Kier alpha value is -5.40. The van der Waals surface area contributed by atoms with E-state index in [4.69, 9.17) is 30.8 Å². The lowest BCUT2D eigenvalue weighted by Gasteiger charge is -2.19. The quantitative estimate of drug-likeness (QED) is 0.0256. The zero-order chi connectivity index (χ0) is 85.9. The third-order valence-corrected chi connectivity index (χ3v) is 18.5. The molecular formula is C81H174N8O23S3. The molecule has 0 saturated heterocycles. The summed E-state index contributed by atoms with van der Waals surface area (Å²) in [5.74, 6) is -2.94. The molecule has 0 radical (unpaired) electrons. The number of carboxylic acids is 1. The summed E-state index contributed by atoms with van der Waals surface area (Å²) in [4.78, 5) is 144. The van der Waals surface area contributed by atoms with E-state index in [1.165, 1.54) is 47.8 Å². The number of Topliss-reactive ketones (excluding diaryl/α,β-unsaturated/α-hetero) is 10. The Labute approximate surface area is 700 Å². The number of nitrogens with two attached hydrogens (primary N) is 2. The molecular weight excluding hydrogens is 1550 g/mol. The van der Waals surface area contributed by atoms with Crippen molar-refractivity contribution in [3.05, 3.63) is 0 Å². The van der Waals surface area contributed by atoms with Crippen molar-refractivity contribution in [1.29, 1.82) is 0 Å². The second kappa shape index (κ2) is 89.4. The first kappa shape index (κ1) is 144. The molecule has 34 heteroatoms. The van der Waals surface area contributed by atoms with E-state index in [2.05, 4.69) is 52.7 Å². The number of carbonyl (C=O) groups excluding carboxylic acids is 12. The first-order valence-corrected chi connectivity index (χ1v) is 43.3. The molecule has 9 atom stereocenters. The lowest BCUT2D eigenvalue weighted by atomic mass is 9.90. The first-order chi connectivity index (χ1) is 49.8. The van der Waals surface area contributed by atoms with Gasteiger partial charge in [-0.1, -0.05) is 119 Å². The Morgan fingerprint density at radius 2 is 0.739 bits per heavy atom. The Kier molecular flexibility index (Phi) is 112. The van der Waals surface area contributed by atoms with E-state index in [0.29, 0.717) is 71.7 Å². The molecule has 0 saturated carbocycles. The smallest absolute Gasteiger partial charge is 0.303 e. The fourth-order valence-corrected chi connectivity index (χ4v) is 10.1. The van der Waals surface area contributed by atoms with Gasteiger partial charge in [-0.15, -0.1) is 0 Å². The number of hydrogen-bond donors (Lipinski definition) is 9. The number of aliphatic carboxylic acids is 1. The lowest BCUT2D eigenvalue weighted by molar-refractivity contribution is -0.138. The van der Waals surface area contributed by atoms with E-state index in [0.717, 1.165) is 64.1 Å². The number of carboxylic acid groups (broad SMARTS) is 1. The molecule has 11 N–H and O–H groups in total. The van der Waals surface area contributed by atoms with Crippen LogP contribution in [0.15, 0.2) is 0 Å². The van der Waals surface area contributed by atoms with Crippen LogP contribution in [0.5, 0.6) is 0 Å². The molecule has 0 spiro atoms. The number of carbonyl (C=O) groups is 13. The highest BCUT2D eigenvalue weighted by Crippen LogP contribution is 2.17. The van der Waals surface area contributed by atoms with Crippen LogP contribution in [0.2, 0.25) is 0 Å². The number of nitrogens with one attached hydrogen (secondary N) is 6. The molecule has 0 aliphatic carbocycles. The van der Waals surface area contributed by atoms with E-state index < -0.39 is 65.4 Å². The van der Waals surface area contributed by atoms with E-state index in [9.17, 15) is 87.6 Å². The summed E-state index contributed by atoms with van der Waals surface area (Å²) in [5.41, 5.74) is 11.0. The maximum atomic E-state index is 12.2. The van der Waals surface area contributed by atoms with Gasteiger partial charge in [0.2, 0.25) is 11.8 Å². The number of amides is 2. The van der Waals surface area contributed by atoms with Gasteiger partial charge in [0.15, 0.2) is 11.6 Å². The largest absolute Gasteiger partial charge is 0.481 e. The van der Waals surface area contributed by atoms with Crippen LogP contribution in [-0.2, 0) is 106 Å². The molecule has 0 aliphatic rings. The van der Waals surface area contributed by atoms with Crippen LogP contribution in [0, 0.1) is 17.8 Å². The molecule has 0 aromatic carbocycles. The van der Waals surface area contributed by atoms with Crippen LogP contribution in [0.1, 0.15) is 278 Å². The van der Waals surface area contributed by atoms with Gasteiger partial charge in [-0.2, -0.15) is 0 Å². The third kappa shape index (κ3) is 109. The van der Waals surface area contributed by atoms with Crippen LogP contribution in [0.4, 0.5) is 0 Å². The monoisotopic (exact) mass is 1720 g/mol. The zero-order valence-electron chi connectivity index (χ0n) is 69.9. The highest BCUT2D eigenvalue weighted by Gasteiger charge is 2.27. The number of unbranched alkanes of at least 4 members (excludes halogenated alkanes) is 3. The van der Waals surface area contributed by atoms with E-state index in [1.54, 1.807) is 49.0 Å². The van der Waals surface area contributed by atoms with Gasteiger partial charge in [0, 0.05) is 95.5 Å². The number of ketones is 10. The van der Waals surface area contributed by atoms with E-state index in [-0.39, 0.29) is 208 Å². The summed E-state index contributed by atoms with van der Waals surface area (Å²) in [7, 11) is -2.60. The van der Waals surface area contributed by atoms with Crippen LogP contribution >= 0.6 is 0 Å². The molecule has 694 valence electrons. The van der Waals surface area contributed by atoms with Crippen molar-refractivity contribution in [2.75, 3.05) is 110 Å². The van der Waals surface area contributed by atoms with Crippen LogP contribution in [0.3, 0.4) is 0 Å². The number of hydrogen-bond acceptors (Lipinski definition) is 28. The molecule has 0 bridgehead atoms. The molecule has 0 unspecified atom stereocenters. The minimum Gasteiger partial charge on any atom is -0.481 e. The normalized spacial score (nSPS) is 12.5. The summed E-state index contributed by atoms with van der Waals surface area (Å²) in [6.07, 6.45) is 13.1. The summed E-state index contributed by atoms with van der Waals surface area (Å²) >= 11 is 0. The standard InChI is InChI=1S/C13H25NO6S2.C13H25NO3.C12H21NO4.C11H21NO3.C8H16O2.C7H15NO3S.C5H12N2O.C5H11NO.7CH4/c1-10(15)11(5-7-21(3,17)18)9-13(16)12(14-2)6-8-22(4,19)20;1-5-6-8-17-9-7-12(16)14-13(10(2)3)11(4)15;1-3-4-10(13)11(15)7-9(8(2)14)5-6-12(16)17;1-4-5-7-15-8-6-11(14)12-9(2)10(3)13;1-3-4-6-10-7-5-8(2)9;1-6(9)7(8-2)4-5-12(3,10)11;1-4(8)5(6)3-7-2;1-4(6-3)5(2)7;;;;;;;/h11-12,14H,5-9H2,1-4H3;10,13H,5-9H2,1-4H3,(H,14,16);9-10H,3-7,13H2,1-2H3,(H,16,17);9H,4-8H2,1-3H3,(H,12,14);3-7H2,1-2H3;7-8H,4-5H2,1-3H3;5,7H,3,6H2,1-2H3;4,6H,1-3H3;7*1H4/t11-,12+;13-;9-,10+;9-;;7-;5-;4-;;;;;;;/m1101.010......./s1. The number of sulfone groups is 3. The molecule has 0 heterocycles. The molecule has 0 rings (SSSR count). The highest BCUT2D eigenvalue weighted by molar-refractivity contribution is 7.91. The number of likely N-dealkylation sites (N-methyl/N-ethyl adjacent to an activating group) is 4. The van der Waals surface area contributed by atoms with Crippen molar-refractivity contribution in [3.63, 3.8) is 0 Å². The maximum Gasteiger partial charge on any atom is 0.303 e. The second-order valence-corrected chi connectivity index (χ2v) is 33.7. The highest BCUT2D eigenvalue weighted by atomic mass is 32.2. The van der Waals surface area contributed by atoms with Crippen LogP contribution < -0.4 is 43.4 Å². The molecule has 0 fully saturated rings. The predicted octanol–water partition coefficient (Wildman–Crippen LogP) is 9.10. The fourth-order valence-electron chi connectivity index (χ4n) is 8.04. The van der Waals surface area contributed by atoms with E-state index in [1.807, 2.05) is 27.7 Å². The Morgan fingerprint density at radius 3 is 1.01 bits per heavy atom. The number of ether oxygens (including phenoxy) is 3. The van der Waals surface area contributed by atoms with Gasteiger partial charge in [0.05, 0.1) is 79.4 Å². The van der Waals surface area contributed by atoms with Gasteiger partial charge < -0.3 is 62.7 Å². The zero-order valence-corrected chi connectivity index (χ0v) is 72.3. The Bertz CT molecular complexity index is 2890. The van der Waals surface area contributed by atoms with Gasteiger partial charge in [0.1, 0.15) is 75.8 Å². The van der Waals surface area contributed by atoms with Crippen LogP contribution in [0.25, 0.3) is 0 Å². The van der Waals surface area contributed by atoms with Gasteiger partial charge >= 0.3 is 5.97 Å².